The molecule has 0 aromatic carbocycles. The smallest absolute Gasteiger partial charge is 0.360 e. The molecule has 0 bridgehead atoms. The summed E-state index contributed by atoms with van der Waals surface area (Å²) in [4.78, 5) is 11.8. The summed E-state index contributed by atoms with van der Waals surface area (Å²) in [7, 11) is 0. The Balaban J connectivity index is 2.62. The standard InChI is InChI=1S/C13H23N3O4/c1-5-19-8-11(17)6-16-10(4)12(14-15-16)13(18)20-7-9(2)3/h9,11,17H,5-8H2,1-4H3. The lowest BCUT2D eigenvalue weighted by Crippen LogP contribution is -2.23. The number of carbonyl (C=O) groups excluding carboxylic acids is 1. The van der Waals surface area contributed by atoms with Crippen molar-refractivity contribution in [2.45, 2.75) is 40.3 Å². The number of aliphatic hydroxyl groups is 1. The van der Waals surface area contributed by atoms with Crippen molar-refractivity contribution in [3.8, 4) is 0 Å². The highest BCUT2D eigenvalue weighted by Gasteiger charge is 2.19. The zero-order chi connectivity index (χ0) is 15.1. The molecular weight excluding hydrogens is 262 g/mol. The second kappa shape index (κ2) is 7.96. The van der Waals surface area contributed by atoms with Gasteiger partial charge < -0.3 is 14.6 Å². The predicted molar refractivity (Wildman–Crippen MR) is 72.4 cm³/mol. The number of aliphatic hydroxyl groups excluding tert-OH is 1. The average Bonchev–Trinajstić information content (AvgIpc) is 2.75. The van der Waals surface area contributed by atoms with Crippen LogP contribution in [0.15, 0.2) is 0 Å². The van der Waals surface area contributed by atoms with Gasteiger partial charge in [0.25, 0.3) is 0 Å². The highest BCUT2D eigenvalue weighted by atomic mass is 16.5. The molecule has 0 amide bonds. The lowest BCUT2D eigenvalue weighted by molar-refractivity contribution is 0.0309. The van der Waals surface area contributed by atoms with Gasteiger partial charge in [-0.3, -0.25) is 0 Å². The van der Waals surface area contributed by atoms with E-state index in [1.165, 1.54) is 4.68 Å². The lowest BCUT2D eigenvalue weighted by atomic mass is 10.2. The van der Waals surface area contributed by atoms with Gasteiger partial charge in [-0.15, -0.1) is 5.10 Å². The summed E-state index contributed by atoms with van der Waals surface area (Å²) in [6.45, 7) is 8.84. The Morgan fingerprint density at radius 3 is 2.70 bits per heavy atom. The van der Waals surface area contributed by atoms with Gasteiger partial charge in [0, 0.05) is 6.61 Å². The molecule has 0 aliphatic carbocycles. The van der Waals surface area contributed by atoms with Crippen LogP contribution < -0.4 is 0 Å². The second-order valence-electron chi connectivity index (χ2n) is 5.01. The van der Waals surface area contributed by atoms with Crippen LogP contribution in [-0.2, 0) is 16.0 Å². The molecule has 7 nitrogen and oxygen atoms in total. The molecule has 1 aromatic heterocycles. The summed E-state index contributed by atoms with van der Waals surface area (Å²) >= 11 is 0. The van der Waals surface area contributed by atoms with Crippen molar-refractivity contribution in [3.63, 3.8) is 0 Å². The first-order chi connectivity index (χ1) is 9.45. The van der Waals surface area contributed by atoms with Gasteiger partial charge in [-0.05, 0) is 19.8 Å². The molecule has 1 rings (SSSR count). The Bertz CT molecular complexity index is 431. The minimum Gasteiger partial charge on any atom is -0.461 e. The zero-order valence-electron chi connectivity index (χ0n) is 12.5. The van der Waals surface area contributed by atoms with E-state index in [0.717, 1.165) is 0 Å². The monoisotopic (exact) mass is 285 g/mol. The fourth-order valence-electron chi connectivity index (χ4n) is 1.54. The molecule has 0 aliphatic rings. The summed E-state index contributed by atoms with van der Waals surface area (Å²) in [6, 6.07) is 0. The minimum atomic E-state index is -0.685. The number of carbonyl (C=O) groups is 1. The topological polar surface area (TPSA) is 86.5 Å². The third-order valence-electron chi connectivity index (χ3n) is 2.62. The largest absolute Gasteiger partial charge is 0.461 e. The first-order valence-corrected chi connectivity index (χ1v) is 6.78. The highest BCUT2D eigenvalue weighted by molar-refractivity contribution is 5.88. The Labute approximate surface area is 118 Å². The summed E-state index contributed by atoms with van der Waals surface area (Å²) in [5, 5.41) is 17.4. The third-order valence-corrected chi connectivity index (χ3v) is 2.62. The molecule has 1 unspecified atom stereocenters. The summed E-state index contributed by atoms with van der Waals surface area (Å²) in [6.07, 6.45) is -0.685. The molecule has 1 aromatic rings. The van der Waals surface area contributed by atoms with E-state index in [1.54, 1.807) is 6.92 Å². The van der Waals surface area contributed by atoms with Crippen LogP contribution in [0.4, 0.5) is 0 Å². The number of ether oxygens (including phenoxy) is 2. The Morgan fingerprint density at radius 1 is 1.40 bits per heavy atom. The molecule has 7 heteroatoms. The summed E-state index contributed by atoms with van der Waals surface area (Å²) in [5.41, 5.74) is 0.767. The molecule has 1 N–H and O–H groups in total. The van der Waals surface area contributed by atoms with Crippen LogP contribution in [0.3, 0.4) is 0 Å². The quantitative estimate of drug-likeness (QED) is 0.711. The van der Waals surface area contributed by atoms with Crippen molar-refractivity contribution in [2.24, 2.45) is 5.92 Å². The summed E-state index contributed by atoms with van der Waals surface area (Å²) in [5.74, 6) is -0.218. The SMILES string of the molecule is CCOCC(O)Cn1nnc(C(=O)OCC(C)C)c1C. The molecule has 20 heavy (non-hydrogen) atoms. The third kappa shape index (κ3) is 4.90. The Morgan fingerprint density at radius 2 is 2.10 bits per heavy atom. The summed E-state index contributed by atoms with van der Waals surface area (Å²) < 4.78 is 11.7. The zero-order valence-corrected chi connectivity index (χ0v) is 12.5. The molecule has 1 atom stereocenters. The van der Waals surface area contributed by atoms with Crippen molar-refractivity contribution in [1.82, 2.24) is 15.0 Å². The van der Waals surface area contributed by atoms with Crippen LogP contribution >= 0.6 is 0 Å². The highest BCUT2D eigenvalue weighted by Crippen LogP contribution is 2.07. The maximum Gasteiger partial charge on any atom is 0.360 e. The lowest BCUT2D eigenvalue weighted by Gasteiger charge is -2.11. The number of rotatable bonds is 8. The molecule has 0 aliphatic heterocycles. The average molecular weight is 285 g/mol. The normalized spacial score (nSPS) is 12.7. The van der Waals surface area contributed by atoms with Crippen molar-refractivity contribution < 1.29 is 19.4 Å². The number of esters is 1. The van der Waals surface area contributed by atoms with E-state index in [9.17, 15) is 9.90 Å². The minimum absolute atomic E-state index is 0.189. The fraction of sp³-hybridized carbons (Fsp3) is 0.769. The predicted octanol–water partition coefficient (Wildman–Crippen LogP) is 0.797. The van der Waals surface area contributed by atoms with E-state index in [-0.39, 0.29) is 24.8 Å². The van der Waals surface area contributed by atoms with Gasteiger partial charge >= 0.3 is 5.97 Å². The molecular formula is C13H23N3O4. The number of nitrogens with zero attached hydrogens (tertiary/aromatic N) is 3. The molecule has 114 valence electrons. The first-order valence-electron chi connectivity index (χ1n) is 6.78. The van der Waals surface area contributed by atoms with Crippen LogP contribution in [0.5, 0.6) is 0 Å². The van der Waals surface area contributed by atoms with Crippen molar-refractivity contribution in [1.29, 1.82) is 0 Å². The number of hydrogen-bond acceptors (Lipinski definition) is 6. The van der Waals surface area contributed by atoms with Crippen molar-refractivity contribution in [2.75, 3.05) is 19.8 Å². The van der Waals surface area contributed by atoms with Crippen LogP contribution in [0.2, 0.25) is 0 Å². The van der Waals surface area contributed by atoms with Gasteiger partial charge in [0.15, 0.2) is 5.69 Å². The van der Waals surface area contributed by atoms with E-state index < -0.39 is 12.1 Å². The Kier molecular flexibility index (Phi) is 6.60. The first kappa shape index (κ1) is 16.6. The maximum absolute atomic E-state index is 11.8. The van der Waals surface area contributed by atoms with Gasteiger partial charge in [-0.2, -0.15) is 0 Å². The maximum atomic E-state index is 11.8. The number of aromatic nitrogens is 3. The Hall–Kier alpha value is -1.47. The van der Waals surface area contributed by atoms with Crippen LogP contribution in [-0.4, -0.2) is 52.0 Å². The molecule has 0 fully saturated rings. The van der Waals surface area contributed by atoms with E-state index in [2.05, 4.69) is 10.3 Å². The van der Waals surface area contributed by atoms with E-state index >= 15 is 0 Å². The van der Waals surface area contributed by atoms with Gasteiger partial charge in [-0.1, -0.05) is 19.1 Å². The van der Waals surface area contributed by atoms with Crippen LogP contribution in [0.1, 0.15) is 37.0 Å². The van der Waals surface area contributed by atoms with Crippen LogP contribution in [0.25, 0.3) is 0 Å². The van der Waals surface area contributed by atoms with E-state index in [1.807, 2.05) is 20.8 Å². The number of hydrogen-bond donors (Lipinski definition) is 1. The van der Waals surface area contributed by atoms with Gasteiger partial charge in [0.05, 0.1) is 31.6 Å². The molecule has 0 radical (unpaired) electrons. The molecule has 0 saturated heterocycles. The second-order valence-corrected chi connectivity index (χ2v) is 5.01. The molecule has 1 heterocycles. The fourth-order valence-corrected chi connectivity index (χ4v) is 1.54. The molecule has 0 spiro atoms. The van der Waals surface area contributed by atoms with Crippen molar-refractivity contribution >= 4 is 5.97 Å². The van der Waals surface area contributed by atoms with Gasteiger partial charge in [-0.25, -0.2) is 9.48 Å². The van der Waals surface area contributed by atoms with Crippen molar-refractivity contribution in [3.05, 3.63) is 11.4 Å². The van der Waals surface area contributed by atoms with Gasteiger partial charge in [0.1, 0.15) is 0 Å². The molecule has 0 saturated carbocycles. The van der Waals surface area contributed by atoms with E-state index in [0.29, 0.717) is 18.9 Å². The van der Waals surface area contributed by atoms with Gasteiger partial charge in [0.2, 0.25) is 0 Å². The van der Waals surface area contributed by atoms with Crippen LogP contribution in [0, 0.1) is 12.8 Å². The van der Waals surface area contributed by atoms with E-state index in [4.69, 9.17) is 9.47 Å².